The van der Waals surface area contributed by atoms with E-state index in [0.29, 0.717) is 39.0 Å². The topological polar surface area (TPSA) is 70.7 Å². The van der Waals surface area contributed by atoms with Gasteiger partial charge in [0.2, 0.25) is 5.78 Å². The second-order valence-corrected chi connectivity index (χ2v) is 8.17. The van der Waals surface area contributed by atoms with Gasteiger partial charge in [0.1, 0.15) is 5.75 Å². The summed E-state index contributed by atoms with van der Waals surface area (Å²) in [6.45, 7) is 0. The molecule has 0 amide bonds. The molecule has 3 aromatic carbocycles. The van der Waals surface area contributed by atoms with Gasteiger partial charge in [0.25, 0.3) is 5.56 Å². The van der Waals surface area contributed by atoms with Gasteiger partial charge < -0.3 is 9.47 Å². The minimum Gasteiger partial charge on any atom is -0.497 e. The number of hydrogen-bond donors (Lipinski definition) is 0. The van der Waals surface area contributed by atoms with E-state index in [1.165, 1.54) is 29.5 Å². The molecule has 0 fully saturated rings. The summed E-state index contributed by atoms with van der Waals surface area (Å²) in [5.74, 6) is 1.34. The van der Waals surface area contributed by atoms with Crippen molar-refractivity contribution in [3.63, 3.8) is 0 Å². The lowest BCUT2D eigenvalue weighted by Crippen LogP contribution is -2.21. The summed E-state index contributed by atoms with van der Waals surface area (Å²) in [5.41, 5.74) is 1.95. The molecule has 7 nitrogen and oxygen atoms in total. The lowest BCUT2D eigenvalue weighted by molar-refractivity contribution is 0.386. The van der Waals surface area contributed by atoms with Crippen molar-refractivity contribution in [3.05, 3.63) is 88.5 Å². The quantitative estimate of drug-likeness (QED) is 0.347. The van der Waals surface area contributed by atoms with Crippen LogP contribution in [0.15, 0.2) is 76.7 Å². The molecule has 0 unspecified atom stereocenters. The molecule has 0 aliphatic heterocycles. The lowest BCUT2D eigenvalue weighted by Gasteiger charge is -2.12. The van der Waals surface area contributed by atoms with Crippen molar-refractivity contribution in [1.29, 1.82) is 0 Å². The standard InChI is InChI=1S/C24H19FN4O3S/c1-31-17-10-8-16(9-11-17)28-22(30)18-5-3-4-6-20(18)29-23(28)26-27-24(29)33-14-15-7-12-21(32-2)19(25)13-15/h3-13H,14H2,1-2H3. The third kappa shape index (κ3) is 3.70. The molecule has 2 heterocycles. The van der Waals surface area contributed by atoms with E-state index in [1.54, 1.807) is 43.5 Å². The zero-order chi connectivity index (χ0) is 22.9. The molecule has 33 heavy (non-hydrogen) atoms. The van der Waals surface area contributed by atoms with Crippen molar-refractivity contribution >= 4 is 28.4 Å². The molecule has 0 aliphatic carbocycles. The van der Waals surface area contributed by atoms with Crippen LogP contribution < -0.4 is 15.0 Å². The number of hydrogen-bond acceptors (Lipinski definition) is 6. The van der Waals surface area contributed by atoms with Crippen molar-refractivity contribution in [3.8, 4) is 17.2 Å². The Bertz CT molecular complexity index is 1530. The van der Waals surface area contributed by atoms with Crippen LogP contribution in [0.1, 0.15) is 5.56 Å². The predicted octanol–water partition coefficient (Wildman–Crippen LogP) is 4.48. The van der Waals surface area contributed by atoms with E-state index in [0.717, 1.165) is 5.56 Å². The number of para-hydroxylation sites is 1. The van der Waals surface area contributed by atoms with Gasteiger partial charge in [-0.25, -0.2) is 8.96 Å². The third-order valence-corrected chi connectivity index (χ3v) is 6.31. The van der Waals surface area contributed by atoms with Crippen LogP contribution in [-0.2, 0) is 5.75 Å². The first kappa shape index (κ1) is 21.0. The fourth-order valence-corrected chi connectivity index (χ4v) is 4.57. The Hall–Kier alpha value is -3.85. The average molecular weight is 463 g/mol. The maximum atomic E-state index is 14.1. The SMILES string of the molecule is COc1ccc(-n2c(=O)c3ccccc3n3c(SCc4ccc(OC)c(F)c4)nnc23)cc1. The number of fused-ring (bicyclic) bond motifs is 3. The van der Waals surface area contributed by atoms with Crippen LogP contribution in [-0.4, -0.2) is 33.4 Å². The summed E-state index contributed by atoms with van der Waals surface area (Å²) in [6.07, 6.45) is 0. The molecular formula is C24H19FN4O3S. The first-order chi connectivity index (χ1) is 16.1. The zero-order valence-corrected chi connectivity index (χ0v) is 18.7. The van der Waals surface area contributed by atoms with Crippen LogP contribution in [0.2, 0.25) is 0 Å². The van der Waals surface area contributed by atoms with E-state index in [-0.39, 0.29) is 11.3 Å². The normalized spacial score (nSPS) is 11.2. The maximum Gasteiger partial charge on any atom is 0.267 e. The molecule has 0 N–H and O–H groups in total. The van der Waals surface area contributed by atoms with Crippen molar-refractivity contribution in [1.82, 2.24) is 19.2 Å². The number of ether oxygens (including phenoxy) is 2. The Morgan fingerprint density at radius 2 is 1.76 bits per heavy atom. The molecule has 0 aliphatic rings. The molecular weight excluding hydrogens is 443 g/mol. The first-order valence-electron chi connectivity index (χ1n) is 10.1. The molecule has 5 aromatic rings. The number of halogens is 1. The average Bonchev–Trinajstić information content (AvgIpc) is 3.27. The Labute approximate surface area is 192 Å². The van der Waals surface area contributed by atoms with Gasteiger partial charge in [0, 0.05) is 5.75 Å². The van der Waals surface area contributed by atoms with Gasteiger partial charge >= 0.3 is 0 Å². The molecule has 0 radical (unpaired) electrons. The summed E-state index contributed by atoms with van der Waals surface area (Å²) in [4.78, 5) is 13.4. The van der Waals surface area contributed by atoms with Gasteiger partial charge in [-0.3, -0.25) is 9.20 Å². The van der Waals surface area contributed by atoms with E-state index in [4.69, 9.17) is 9.47 Å². The van der Waals surface area contributed by atoms with Crippen molar-refractivity contribution in [2.24, 2.45) is 0 Å². The van der Waals surface area contributed by atoms with Crippen molar-refractivity contribution < 1.29 is 13.9 Å². The van der Waals surface area contributed by atoms with E-state index >= 15 is 0 Å². The number of benzene rings is 3. The number of thioether (sulfide) groups is 1. The fraction of sp³-hybridized carbons (Fsp3) is 0.125. The monoisotopic (exact) mass is 462 g/mol. The van der Waals surface area contributed by atoms with Crippen LogP contribution in [0.4, 0.5) is 4.39 Å². The van der Waals surface area contributed by atoms with Crippen LogP contribution >= 0.6 is 11.8 Å². The second kappa shape index (κ2) is 8.59. The first-order valence-corrected chi connectivity index (χ1v) is 11.1. The third-order valence-electron chi connectivity index (χ3n) is 5.31. The highest BCUT2D eigenvalue weighted by atomic mass is 32.2. The molecule has 0 spiro atoms. The van der Waals surface area contributed by atoms with Crippen LogP contribution in [0.3, 0.4) is 0 Å². The highest BCUT2D eigenvalue weighted by Crippen LogP contribution is 2.27. The smallest absolute Gasteiger partial charge is 0.267 e. The van der Waals surface area contributed by atoms with E-state index in [9.17, 15) is 9.18 Å². The number of rotatable bonds is 6. The van der Waals surface area contributed by atoms with Gasteiger partial charge in [-0.1, -0.05) is 30.0 Å². The van der Waals surface area contributed by atoms with E-state index < -0.39 is 5.82 Å². The number of methoxy groups -OCH3 is 2. The summed E-state index contributed by atoms with van der Waals surface area (Å²) in [6, 6.07) is 19.4. The van der Waals surface area contributed by atoms with Gasteiger partial charge in [-0.15, -0.1) is 10.2 Å². The Morgan fingerprint density at radius 1 is 0.970 bits per heavy atom. The van der Waals surface area contributed by atoms with Crippen LogP contribution in [0, 0.1) is 5.82 Å². The summed E-state index contributed by atoms with van der Waals surface area (Å²) < 4.78 is 27.7. The van der Waals surface area contributed by atoms with Gasteiger partial charge in [-0.2, -0.15) is 0 Å². The van der Waals surface area contributed by atoms with Crippen molar-refractivity contribution in [2.45, 2.75) is 10.9 Å². The summed E-state index contributed by atoms with van der Waals surface area (Å²) in [7, 11) is 3.02. The minimum atomic E-state index is -0.416. The van der Waals surface area contributed by atoms with Gasteiger partial charge in [-0.05, 0) is 54.1 Å². The highest BCUT2D eigenvalue weighted by molar-refractivity contribution is 7.98. The zero-order valence-electron chi connectivity index (χ0n) is 17.9. The summed E-state index contributed by atoms with van der Waals surface area (Å²) in [5, 5.41) is 9.82. The van der Waals surface area contributed by atoms with Crippen molar-refractivity contribution in [2.75, 3.05) is 14.2 Å². The molecule has 5 rings (SSSR count). The maximum absolute atomic E-state index is 14.1. The molecule has 0 bridgehead atoms. The number of aromatic nitrogens is 4. The van der Waals surface area contributed by atoms with Crippen LogP contribution in [0.5, 0.6) is 11.5 Å². The predicted molar refractivity (Wildman–Crippen MR) is 125 cm³/mol. The Morgan fingerprint density at radius 3 is 2.48 bits per heavy atom. The fourth-order valence-electron chi connectivity index (χ4n) is 3.68. The Balaban J connectivity index is 1.63. The highest BCUT2D eigenvalue weighted by Gasteiger charge is 2.18. The molecule has 2 aromatic heterocycles. The largest absolute Gasteiger partial charge is 0.497 e. The minimum absolute atomic E-state index is 0.190. The molecule has 0 saturated carbocycles. The molecule has 166 valence electrons. The second-order valence-electron chi connectivity index (χ2n) is 7.23. The summed E-state index contributed by atoms with van der Waals surface area (Å²) >= 11 is 1.41. The Kier molecular flexibility index (Phi) is 5.47. The van der Waals surface area contributed by atoms with Crippen LogP contribution in [0.25, 0.3) is 22.4 Å². The lowest BCUT2D eigenvalue weighted by atomic mass is 10.2. The van der Waals surface area contributed by atoms with E-state index in [2.05, 4.69) is 10.2 Å². The van der Waals surface area contributed by atoms with Gasteiger partial charge in [0.15, 0.2) is 16.7 Å². The molecule has 0 saturated heterocycles. The molecule has 0 atom stereocenters. The van der Waals surface area contributed by atoms with Gasteiger partial charge in [0.05, 0.1) is 30.8 Å². The number of nitrogens with zero attached hydrogens (tertiary/aromatic N) is 4. The van der Waals surface area contributed by atoms with E-state index in [1.807, 2.05) is 28.7 Å². The molecule has 9 heteroatoms.